The Labute approximate surface area is 171 Å². The minimum atomic E-state index is 0.159. The third-order valence-corrected chi connectivity index (χ3v) is 5.61. The van der Waals surface area contributed by atoms with Crippen LogP contribution < -0.4 is 5.32 Å². The van der Waals surface area contributed by atoms with Crippen molar-refractivity contribution in [1.82, 2.24) is 25.3 Å². The van der Waals surface area contributed by atoms with Gasteiger partial charge in [0, 0.05) is 57.2 Å². The molecule has 2 fully saturated rings. The molecule has 1 aromatic carbocycles. The third-order valence-electron chi connectivity index (χ3n) is 5.61. The summed E-state index contributed by atoms with van der Waals surface area (Å²) in [6.45, 7) is 6.92. The summed E-state index contributed by atoms with van der Waals surface area (Å²) in [5.74, 6) is 1.23. The van der Waals surface area contributed by atoms with E-state index in [4.69, 9.17) is 9.26 Å². The Morgan fingerprint density at radius 3 is 2.83 bits per heavy atom. The summed E-state index contributed by atoms with van der Waals surface area (Å²) in [7, 11) is 0. The van der Waals surface area contributed by atoms with Gasteiger partial charge in [0.2, 0.25) is 17.6 Å². The number of carbonyl (C=O) groups excluding carboxylic acids is 1. The molecule has 156 valence electrons. The second-order valence-corrected chi connectivity index (χ2v) is 7.57. The first-order valence-electron chi connectivity index (χ1n) is 10.5. The Hall–Kier alpha value is -2.29. The number of amides is 1. The van der Waals surface area contributed by atoms with Gasteiger partial charge in [0.05, 0.1) is 13.2 Å². The number of nitrogens with zero attached hydrogens (tertiary/aromatic N) is 4. The van der Waals surface area contributed by atoms with Crippen LogP contribution in [0.2, 0.25) is 0 Å². The van der Waals surface area contributed by atoms with Crippen LogP contribution in [0.4, 0.5) is 0 Å². The summed E-state index contributed by atoms with van der Waals surface area (Å²) in [6, 6.07) is 9.99. The molecule has 1 atom stereocenters. The van der Waals surface area contributed by atoms with Crippen LogP contribution in [-0.4, -0.2) is 84.4 Å². The number of hydrogen-bond donors (Lipinski definition) is 1. The summed E-state index contributed by atoms with van der Waals surface area (Å²) in [5, 5.41) is 7.42. The minimum Gasteiger partial charge on any atom is -0.379 e. The van der Waals surface area contributed by atoms with Crippen molar-refractivity contribution in [3.8, 4) is 11.4 Å². The molecule has 2 aliphatic rings. The number of aryl methyl sites for hydroxylation is 1. The van der Waals surface area contributed by atoms with Gasteiger partial charge in [-0.2, -0.15) is 4.98 Å². The van der Waals surface area contributed by atoms with Crippen molar-refractivity contribution >= 4 is 5.91 Å². The number of morpholine rings is 1. The van der Waals surface area contributed by atoms with Gasteiger partial charge in [-0.15, -0.1) is 0 Å². The van der Waals surface area contributed by atoms with Gasteiger partial charge in [-0.25, -0.2) is 0 Å². The topological polar surface area (TPSA) is 83.7 Å². The van der Waals surface area contributed by atoms with Gasteiger partial charge in [-0.1, -0.05) is 35.5 Å². The van der Waals surface area contributed by atoms with Gasteiger partial charge in [0.15, 0.2) is 0 Å². The molecule has 2 aromatic rings. The van der Waals surface area contributed by atoms with Gasteiger partial charge in [-0.05, 0) is 13.0 Å². The van der Waals surface area contributed by atoms with Crippen LogP contribution in [0.1, 0.15) is 18.7 Å². The van der Waals surface area contributed by atoms with Gasteiger partial charge in [0.1, 0.15) is 0 Å². The molecule has 0 bridgehead atoms. The second-order valence-electron chi connectivity index (χ2n) is 7.57. The lowest BCUT2D eigenvalue weighted by Crippen LogP contribution is -2.47. The van der Waals surface area contributed by atoms with E-state index in [2.05, 4.69) is 20.4 Å². The molecule has 0 saturated carbocycles. The van der Waals surface area contributed by atoms with Crippen molar-refractivity contribution < 1.29 is 14.1 Å². The largest absolute Gasteiger partial charge is 0.379 e. The Bertz CT molecular complexity index is 770. The van der Waals surface area contributed by atoms with E-state index in [-0.39, 0.29) is 11.9 Å². The van der Waals surface area contributed by atoms with Crippen LogP contribution in [-0.2, 0) is 16.0 Å². The molecule has 1 aromatic heterocycles. The van der Waals surface area contributed by atoms with E-state index >= 15 is 0 Å². The van der Waals surface area contributed by atoms with Crippen LogP contribution in [0.15, 0.2) is 34.9 Å². The van der Waals surface area contributed by atoms with Crippen molar-refractivity contribution in [3.05, 3.63) is 36.2 Å². The first kappa shape index (κ1) is 20.0. The molecule has 8 nitrogen and oxygen atoms in total. The van der Waals surface area contributed by atoms with E-state index in [0.717, 1.165) is 64.5 Å². The number of rotatable bonds is 8. The average Bonchev–Trinajstić information content (AvgIpc) is 3.46. The van der Waals surface area contributed by atoms with Crippen LogP contribution in [0.25, 0.3) is 11.4 Å². The SMILES string of the molecule is O=C(CCc1nc(-c2ccccc2)no1)N(CCN1CCOCC1)C1CCNC1. The predicted molar refractivity (Wildman–Crippen MR) is 108 cm³/mol. The first-order valence-corrected chi connectivity index (χ1v) is 10.5. The highest BCUT2D eigenvalue weighted by Crippen LogP contribution is 2.16. The van der Waals surface area contributed by atoms with Crippen LogP contribution in [0.5, 0.6) is 0 Å². The fraction of sp³-hybridized carbons (Fsp3) is 0.571. The molecular formula is C21H29N5O3. The molecule has 8 heteroatoms. The van der Waals surface area contributed by atoms with E-state index in [9.17, 15) is 4.79 Å². The minimum absolute atomic E-state index is 0.159. The van der Waals surface area contributed by atoms with Crippen molar-refractivity contribution in [3.63, 3.8) is 0 Å². The number of carbonyl (C=O) groups is 1. The van der Waals surface area contributed by atoms with Gasteiger partial charge in [0.25, 0.3) is 0 Å². The maximum absolute atomic E-state index is 13.0. The molecule has 2 aliphatic heterocycles. The number of nitrogens with one attached hydrogen (secondary N) is 1. The maximum atomic E-state index is 13.0. The van der Waals surface area contributed by atoms with E-state index in [1.165, 1.54) is 0 Å². The molecule has 29 heavy (non-hydrogen) atoms. The number of aromatic nitrogens is 2. The zero-order chi connectivity index (χ0) is 19.9. The molecule has 0 aliphatic carbocycles. The quantitative estimate of drug-likeness (QED) is 0.714. The van der Waals surface area contributed by atoms with Crippen molar-refractivity contribution in [2.45, 2.75) is 25.3 Å². The van der Waals surface area contributed by atoms with E-state index in [0.29, 0.717) is 24.6 Å². The lowest BCUT2D eigenvalue weighted by Gasteiger charge is -2.33. The van der Waals surface area contributed by atoms with Gasteiger partial charge >= 0.3 is 0 Å². The van der Waals surface area contributed by atoms with Crippen molar-refractivity contribution in [2.24, 2.45) is 0 Å². The maximum Gasteiger partial charge on any atom is 0.227 e. The lowest BCUT2D eigenvalue weighted by atomic mass is 10.1. The summed E-state index contributed by atoms with van der Waals surface area (Å²) in [5.41, 5.74) is 0.915. The zero-order valence-corrected chi connectivity index (χ0v) is 16.8. The molecule has 2 saturated heterocycles. The molecule has 1 amide bonds. The van der Waals surface area contributed by atoms with E-state index < -0.39 is 0 Å². The fourth-order valence-electron chi connectivity index (χ4n) is 3.91. The van der Waals surface area contributed by atoms with Crippen molar-refractivity contribution in [2.75, 3.05) is 52.5 Å². The number of hydrogen-bond acceptors (Lipinski definition) is 7. The highest BCUT2D eigenvalue weighted by atomic mass is 16.5. The highest BCUT2D eigenvalue weighted by molar-refractivity contribution is 5.76. The highest BCUT2D eigenvalue weighted by Gasteiger charge is 2.27. The summed E-state index contributed by atoms with van der Waals surface area (Å²) in [6.07, 6.45) is 1.86. The van der Waals surface area contributed by atoms with Crippen LogP contribution >= 0.6 is 0 Å². The Kier molecular flexibility index (Phi) is 6.87. The molecule has 1 N–H and O–H groups in total. The normalized spacial score (nSPS) is 20.1. The predicted octanol–water partition coefficient (Wildman–Crippen LogP) is 1.19. The van der Waals surface area contributed by atoms with Crippen molar-refractivity contribution in [1.29, 1.82) is 0 Å². The summed E-state index contributed by atoms with van der Waals surface area (Å²) >= 11 is 0. The van der Waals surface area contributed by atoms with E-state index in [1.54, 1.807) is 0 Å². The van der Waals surface area contributed by atoms with Crippen LogP contribution in [0, 0.1) is 0 Å². The van der Waals surface area contributed by atoms with Gasteiger partial charge < -0.3 is 19.5 Å². The summed E-state index contributed by atoms with van der Waals surface area (Å²) in [4.78, 5) is 21.9. The standard InChI is InChI=1S/C21H29N5O3/c27-20(7-6-19-23-21(24-29-19)17-4-2-1-3-5-17)26(18-8-9-22-16-18)11-10-25-12-14-28-15-13-25/h1-5,18,22H,6-16H2. The average molecular weight is 399 g/mol. The number of benzene rings is 1. The second kappa shape index (κ2) is 9.96. The number of ether oxygens (including phenoxy) is 1. The molecule has 1 unspecified atom stereocenters. The Balaban J connectivity index is 1.33. The smallest absolute Gasteiger partial charge is 0.227 e. The van der Waals surface area contributed by atoms with E-state index in [1.807, 2.05) is 35.2 Å². The Morgan fingerprint density at radius 2 is 2.07 bits per heavy atom. The molecule has 3 heterocycles. The zero-order valence-electron chi connectivity index (χ0n) is 16.8. The molecule has 4 rings (SSSR count). The first-order chi connectivity index (χ1) is 14.3. The summed E-state index contributed by atoms with van der Waals surface area (Å²) < 4.78 is 10.8. The fourth-order valence-corrected chi connectivity index (χ4v) is 3.91. The monoisotopic (exact) mass is 399 g/mol. The Morgan fingerprint density at radius 1 is 1.24 bits per heavy atom. The molecule has 0 radical (unpaired) electrons. The molecule has 0 spiro atoms. The van der Waals surface area contributed by atoms with Crippen LogP contribution in [0.3, 0.4) is 0 Å². The lowest BCUT2D eigenvalue weighted by molar-refractivity contribution is -0.133. The molecular weight excluding hydrogens is 370 g/mol. The van der Waals surface area contributed by atoms with Gasteiger partial charge in [-0.3, -0.25) is 9.69 Å². The third kappa shape index (κ3) is 5.41.